The number of alkyl halides is 2. The Morgan fingerprint density at radius 3 is 1.71 bits per heavy atom. The molecular weight excluding hydrogens is 565 g/mol. The number of rotatable bonds is 13. The lowest BCUT2D eigenvalue weighted by Crippen LogP contribution is -2.33. The molecule has 0 aliphatic carbocycles. The Bertz CT molecular complexity index is 971. The van der Waals surface area contributed by atoms with Crippen LogP contribution in [0.1, 0.15) is 12.8 Å². The Hall–Kier alpha value is -2.41. The molecule has 1 aromatic carbocycles. The number of nitrogens with zero attached hydrogens (tertiary/aromatic N) is 4. The molecular formula is C15H22Cl3N5O11S. The second kappa shape index (κ2) is 16.3. The summed E-state index contributed by atoms with van der Waals surface area (Å²) in [6, 6.07) is -0.356. The molecule has 20 heteroatoms. The van der Waals surface area contributed by atoms with Crippen molar-refractivity contribution in [3.63, 3.8) is 0 Å². The topological polar surface area (TPSA) is 250 Å². The number of carbonyl (C=O) groups is 1. The number of non-ortho nitro benzene ring substituents is 1. The standard InChI is InChI=1S/C9H18Cl2N2O2.C6H3N3O9S.ClH/c10-3-6-13(7-4-11)5-1-2-8(12)9(14)15;10-7(11)3-1-4(8(12)13)6(19(16,17)18)5(2-3)9(14)15;/h8H,1-7,12H2,(H,14,15);1-2H,(H,16,17,18);1H/t8-;;/m0../s1. The molecule has 0 aliphatic heterocycles. The van der Waals surface area contributed by atoms with Gasteiger partial charge in [-0.05, 0) is 19.4 Å². The number of aliphatic carboxylic acids is 1. The number of nitro benzene ring substituents is 3. The van der Waals surface area contributed by atoms with E-state index in [1.807, 2.05) is 0 Å². The molecule has 0 amide bonds. The molecule has 0 aromatic heterocycles. The fourth-order valence-electron chi connectivity index (χ4n) is 2.46. The number of benzene rings is 1. The fraction of sp³-hybridized carbons (Fsp3) is 0.533. The smallest absolute Gasteiger partial charge is 0.320 e. The SMILES string of the molecule is Cl.N[C@@H](CCCN(CCCl)CCCl)C(=O)O.O=[N+]([O-])c1cc([N+](=O)[O-])c(S(=O)(=O)O)c([N+](=O)[O-])c1. The van der Waals surface area contributed by atoms with E-state index in [9.17, 15) is 43.6 Å². The minimum atomic E-state index is -5.30. The van der Waals surface area contributed by atoms with Crippen LogP contribution in [-0.2, 0) is 14.9 Å². The van der Waals surface area contributed by atoms with E-state index in [2.05, 4.69) is 4.90 Å². The second-order valence-corrected chi connectivity index (χ2v) is 8.48. The van der Waals surface area contributed by atoms with Gasteiger partial charge in [0.05, 0.1) is 26.9 Å². The summed E-state index contributed by atoms with van der Waals surface area (Å²) in [4.78, 5) is 38.7. The average Bonchev–Trinajstić information content (AvgIpc) is 2.72. The Balaban J connectivity index is 0. The monoisotopic (exact) mass is 585 g/mol. The van der Waals surface area contributed by atoms with Crippen LogP contribution in [-0.4, -0.2) is 81.2 Å². The van der Waals surface area contributed by atoms with Gasteiger partial charge >= 0.3 is 27.5 Å². The van der Waals surface area contributed by atoms with Crippen molar-refractivity contribution in [2.45, 2.75) is 23.8 Å². The lowest BCUT2D eigenvalue weighted by molar-refractivity contribution is -0.407. The summed E-state index contributed by atoms with van der Waals surface area (Å²) >= 11 is 11.2. The highest BCUT2D eigenvalue weighted by atomic mass is 35.5. The largest absolute Gasteiger partial charge is 0.480 e. The molecule has 0 radical (unpaired) electrons. The molecule has 4 N–H and O–H groups in total. The number of nitro groups is 3. The summed E-state index contributed by atoms with van der Waals surface area (Å²) in [6.07, 6.45) is 1.23. The fourth-order valence-corrected chi connectivity index (χ4v) is 3.73. The van der Waals surface area contributed by atoms with Gasteiger partial charge in [-0.25, -0.2) is 0 Å². The van der Waals surface area contributed by atoms with E-state index in [1.165, 1.54) is 0 Å². The predicted octanol–water partition coefficient (Wildman–Crippen LogP) is 2.04. The number of halogens is 3. The molecule has 0 heterocycles. The van der Waals surface area contributed by atoms with Gasteiger partial charge in [0.2, 0.25) is 4.90 Å². The zero-order chi connectivity index (χ0) is 26.6. The normalized spacial score (nSPS) is 11.6. The molecule has 16 nitrogen and oxygen atoms in total. The first kappa shape index (κ1) is 34.8. The van der Waals surface area contributed by atoms with Gasteiger partial charge < -0.3 is 15.7 Å². The van der Waals surface area contributed by atoms with E-state index in [0.717, 1.165) is 26.1 Å². The van der Waals surface area contributed by atoms with Crippen molar-refractivity contribution in [1.82, 2.24) is 4.90 Å². The highest BCUT2D eigenvalue weighted by molar-refractivity contribution is 7.86. The van der Waals surface area contributed by atoms with Crippen LogP contribution < -0.4 is 5.73 Å². The van der Waals surface area contributed by atoms with Crippen molar-refractivity contribution in [2.24, 2.45) is 5.73 Å². The number of carboxylic acid groups (broad SMARTS) is 1. The molecule has 0 saturated carbocycles. The third kappa shape index (κ3) is 12.2. The summed E-state index contributed by atoms with van der Waals surface area (Å²) in [5.74, 6) is 0.167. The van der Waals surface area contributed by atoms with E-state index in [4.69, 9.17) is 38.6 Å². The summed E-state index contributed by atoms with van der Waals surface area (Å²) in [5.41, 5.74) is 1.42. The van der Waals surface area contributed by atoms with Gasteiger partial charge in [0.1, 0.15) is 6.04 Å². The van der Waals surface area contributed by atoms with Gasteiger partial charge in [0.25, 0.3) is 5.69 Å². The van der Waals surface area contributed by atoms with Crippen molar-refractivity contribution in [1.29, 1.82) is 0 Å². The van der Waals surface area contributed by atoms with E-state index in [-0.39, 0.29) is 24.5 Å². The van der Waals surface area contributed by atoms with Crippen LogP contribution in [0.2, 0.25) is 0 Å². The Morgan fingerprint density at radius 2 is 1.43 bits per heavy atom. The van der Waals surface area contributed by atoms with Crippen LogP contribution in [0, 0.1) is 30.3 Å². The highest BCUT2D eigenvalue weighted by Crippen LogP contribution is 2.36. The summed E-state index contributed by atoms with van der Waals surface area (Å²) < 4.78 is 30.7. The molecule has 0 saturated heterocycles. The van der Waals surface area contributed by atoms with Gasteiger partial charge in [-0.15, -0.1) is 35.6 Å². The lowest BCUT2D eigenvalue weighted by Gasteiger charge is -2.20. The van der Waals surface area contributed by atoms with E-state index in [0.29, 0.717) is 18.2 Å². The third-order valence-electron chi connectivity index (χ3n) is 4.00. The number of hydrogen-bond acceptors (Lipinski definition) is 11. The van der Waals surface area contributed by atoms with E-state index in [1.54, 1.807) is 0 Å². The van der Waals surface area contributed by atoms with Crippen molar-refractivity contribution < 1.29 is 37.6 Å². The van der Waals surface area contributed by atoms with Gasteiger partial charge in [-0.2, -0.15) is 8.42 Å². The lowest BCUT2D eigenvalue weighted by atomic mass is 10.1. The van der Waals surface area contributed by atoms with E-state index < -0.39 is 58.9 Å². The maximum absolute atomic E-state index is 10.9. The van der Waals surface area contributed by atoms with Crippen LogP contribution >= 0.6 is 35.6 Å². The molecule has 200 valence electrons. The summed E-state index contributed by atoms with van der Waals surface area (Å²) in [6.45, 7) is 2.34. The van der Waals surface area contributed by atoms with Crippen molar-refractivity contribution in [3.8, 4) is 0 Å². The van der Waals surface area contributed by atoms with Gasteiger partial charge in [-0.3, -0.25) is 39.7 Å². The van der Waals surface area contributed by atoms with Crippen LogP contribution in [0.5, 0.6) is 0 Å². The first-order valence-electron chi connectivity index (χ1n) is 9.08. The Kier molecular flexibility index (Phi) is 16.2. The molecule has 1 rings (SSSR count). The highest BCUT2D eigenvalue weighted by Gasteiger charge is 2.37. The molecule has 0 spiro atoms. The molecule has 0 bridgehead atoms. The molecule has 35 heavy (non-hydrogen) atoms. The minimum absolute atomic E-state index is 0. The van der Waals surface area contributed by atoms with Crippen LogP contribution in [0.15, 0.2) is 17.0 Å². The van der Waals surface area contributed by atoms with Crippen LogP contribution in [0.4, 0.5) is 17.1 Å². The van der Waals surface area contributed by atoms with Crippen molar-refractivity contribution in [3.05, 3.63) is 42.5 Å². The summed E-state index contributed by atoms with van der Waals surface area (Å²) in [5, 5.41) is 40.2. The molecule has 1 atom stereocenters. The quantitative estimate of drug-likeness (QED) is 0.130. The Labute approximate surface area is 214 Å². The minimum Gasteiger partial charge on any atom is -0.480 e. The van der Waals surface area contributed by atoms with Crippen molar-refractivity contribution in [2.75, 3.05) is 31.4 Å². The maximum Gasteiger partial charge on any atom is 0.320 e. The zero-order valence-electron chi connectivity index (χ0n) is 17.7. The average molecular weight is 587 g/mol. The number of carboxylic acids is 1. The molecule has 0 aliphatic rings. The second-order valence-electron chi connectivity index (χ2n) is 6.37. The predicted molar refractivity (Wildman–Crippen MR) is 126 cm³/mol. The third-order valence-corrected chi connectivity index (χ3v) is 5.28. The van der Waals surface area contributed by atoms with Crippen LogP contribution in [0.3, 0.4) is 0 Å². The Morgan fingerprint density at radius 1 is 1.00 bits per heavy atom. The van der Waals surface area contributed by atoms with Gasteiger partial charge in [-0.1, -0.05) is 0 Å². The van der Waals surface area contributed by atoms with Gasteiger partial charge in [0, 0.05) is 24.8 Å². The first-order valence-corrected chi connectivity index (χ1v) is 11.6. The number of hydrogen-bond donors (Lipinski definition) is 3. The van der Waals surface area contributed by atoms with Gasteiger partial charge in [0.15, 0.2) is 0 Å². The number of nitrogens with two attached hydrogens (primary N) is 1. The zero-order valence-corrected chi connectivity index (χ0v) is 20.8. The maximum atomic E-state index is 10.9. The van der Waals surface area contributed by atoms with Crippen molar-refractivity contribution >= 4 is 68.8 Å². The van der Waals surface area contributed by atoms with E-state index >= 15 is 0 Å². The van der Waals surface area contributed by atoms with Crippen LogP contribution in [0.25, 0.3) is 0 Å². The molecule has 0 fully saturated rings. The summed E-state index contributed by atoms with van der Waals surface area (Å²) in [7, 11) is -5.30. The first-order chi connectivity index (χ1) is 15.7. The molecule has 0 unspecified atom stereocenters. The molecule has 1 aromatic rings.